The van der Waals surface area contributed by atoms with Gasteiger partial charge in [-0.05, 0) is 23.8 Å². The van der Waals surface area contributed by atoms with Gasteiger partial charge in [-0.25, -0.2) is 4.98 Å². The molecule has 0 spiro atoms. The molecule has 0 saturated heterocycles. The summed E-state index contributed by atoms with van der Waals surface area (Å²) in [7, 11) is 2.00. The summed E-state index contributed by atoms with van der Waals surface area (Å²) in [6.45, 7) is 1.69. The smallest absolute Gasteiger partial charge is 0.251 e. The number of nitrogens with one attached hydrogen (secondary N) is 1. The summed E-state index contributed by atoms with van der Waals surface area (Å²) < 4.78 is 5.68. The molecule has 0 unspecified atom stereocenters. The number of rotatable bonds is 8. The fraction of sp³-hybridized carbons (Fsp3) is 0.182. The number of aromatic nitrogens is 1. The van der Waals surface area contributed by atoms with Crippen LogP contribution in [0.25, 0.3) is 0 Å². The van der Waals surface area contributed by atoms with Gasteiger partial charge in [-0.3, -0.25) is 4.79 Å². The second-order valence-electron chi connectivity index (χ2n) is 6.17. The van der Waals surface area contributed by atoms with Gasteiger partial charge in [0.1, 0.15) is 6.61 Å². The van der Waals surface area contributed by atoms with Crippen LogP contribution in [0.3, 0.4) is 0 Å². The van der Waals surface area contributed by atoms with Crippen LogP contribution in [0.15, 0.2) is 79.0 Å². The molecule has 0 aliphatic carbocycles. The lowest BCUT2D eigenvalue weighted by molar-refractivity contribution is 0.0954. The first-order chi connectivity index (χ1) is 13.2. The predicted molar refractivity (Wildman–Crippen MR) is 107 cm³/mol. The molecule has 1 heterocycles. The minimum atomic E-state index is -0.136. The van der Waals surface area contributed by atoms with Gasteiger partial charge in [0.25, 0.3) is 5.91 Å². The number of likely N-dealkylation sites (N-methyl/N-ethyl adjacent to an activating group) is 1. The highest BCUT2D eigenvalue weighted by molar-refractivity contribution is 5.94. The lowest BCUT2D eigenvalue weighted by atomic mass is 10.2. The average molecular weight is 361 g/mol. The first-order valence-electron chi connectivity index (χ1n) is 8.89. The Bertz CT molecular complexity index is 854. The molecule has 0 aliphatic rings. The first kappa shape index (κ1) is 18.5. The van der Waals surface area contributed by atoms with Crippen LogP contribution in [0.5, 0.6) is 5.88 Å². The van der Waals surface area contributed by atoms with E-state index in [2.05, 4.69) is 15.2 Å². The highest BCUT2D eigenvalue weighted by Crippen LogP contribution is 2.12. The second-order valence-corrected chi connectivity index (χ2v) is 6.17. The van der Waals surface area contributed by atoms with E-state index in [1.807, 2.05) is 67.7 Å². The van der Waals surface area contributed by atoms with Crippen molar-refractivity contribution in [2.75, 3.05) is 25.0 Å². The summed E-state index contributed by atoms with van der Waals surface area (Å²) >= 11 is 0. The fourth-order valence-corrected chi connectivity index (χ4v) is 2.61. The number of benzene rings is 2. The van der Waals surface area contributed by atoms with E-state index >= 15 is 0 Å². The molecule has 27 heavy (non-hydrogen) atoms. The number of carbonyl (C=O) groups excluding carboxylic acids is 1. The van der Waals surface area contributed by atoms with Crippen LogP contribution < -0.4 is 15.0 Å². The molecule has 5 heteroatoms. The maximum absolute atomic E-state index is 12.4. The Labute approximate surface area is 159 Å². The van der Waals surface area contributed by atoms with Gasteiger partial charge in [-0.2, -0.15) is 0 Å². The Balaban J connectivity index is 1.49. The molecule has 1 amide bonds. The van der Waals surface area contributed by atoms with Crippen molar-refractivity contribution in [3.05, 3.63) is 90.1 Å². The van der Waals surface area contributed by atoms with Gasteiger partial charge in [0, 0.05) is 43.7 Å². The summed E-state index contributed by atoms with van der Waals surface area (Å²) in [5.41, 5.74) is 2.71. The number of nitrogens with zero attached hydrogens (tertiary/aromatic N) is 2. The minimum Gasteiger partial charge on any atom is -0.473 e. The van der Waals surface area contributed by atoms with E-state index < -0.39 is 0 Å². The number of hydrogen-bond donors (Lipinski definition) is 1. The number of hydrogen-bond acceptors (Lipinski definition) is 4. The SMILES string of the molecule is CN(CCNC(=O)c1ccnc(OCc2ccccc2)c1)c1ccccc1. The normalized spacial score (nSPS) is 10.3. The molecule has 138 valence electrons. The zero-order chi connectivity index (χ0) is 18.9. The molecular formula is C22H23N3O2. The van der Waals surface area contributed by atoms with Gasteiger partial charge in [0.2, 0.25) is 5.88 Å². The number of anilines is 1. The largest absolute Gasteiger partial charge is 0.473 e. The van der Waals surface area contributed by atoms with E-state index in [9.17, 15) is 4.79 Å². The van der Waals surface area contributed by atoms with Gasteiger partial charge in [0.05, 0.1) is 0 Å². The molecule has 0 aliphatic heterocycles. The van der Waals surface area contributed by atoms with Crippen molar-refractivity contribution in [3.8, 4) is 5.88 Å². The maximum Gasteiger partial charge on any atom is 0.251 e. The van der Waals surface area contributed by atoms with Gasteiger partial charge in [0.15, 0.2) is 0 Å². The topological polar surface area (TPSA) is 54.5 Å². The molecule has 1 aromatic heterocycles. The molecule has 3 rings (SSSR count). The van der Waals surface area contributed by atoms with Crippen molar-refractivity contribution in [2.24, 2.45) is 0 Å². The van der Waals surface area contributed by atoms with Gasteiger partial charge in [-0.15, -0.1) is 0 Å². The molecular weight excluding hydrogens is 338 g/mol. The number of amides is 1. The summed E-state index contributed by atoms with van der Waals surface area (Å²) in [5.74, 6) is 0.302. The van der Waals surface area contributed by atoms with Crippen molar-refractivity contribution < 1.29 is 9.53 Å². The lowest BCUT2D eigenvalue weighted by Gasteiger charge is -2.19. The van der Waals surface area contributed by atoms with Gasteiger partial charge < -0.3 is 15.0 Å². The van der Waals surface area contributed by atoms with Crippen LogP contribution in [0.1, 0.15) is 15.9 Å². The van der Waals surface area contributed by atoms with Crippen LogP contribution in [0.2, 0.25) is 0 Å². The predicted octanol–water partition coefficient (Wildman–Crippen LogP) is 3.53. The van der Waals surface area contributed by atoms with E-state index in [4.69, 9.17) is 4.74 Å². The molecule has 0 bridgehead atoms. The van der Waals surface area contributed by atoms with Crippen molar-refractivity contribution in [3.63, 3.8) is 0 Å². The van der Waals surface area contributed by atoms with Crippen LogP contribution in [-0.2, 0) is 6.61 Å². The Hall–Kier alpha value is -3.34. The molecule has 3 aromatic rings. The van der Waals surface area contributed by atoms with Crippen molar-refractivity contribution in [1.29, 1.82) is 0 Å². The number of para-hydroxylation sites is 1. The molecule has 0 radical (unpaired) electrons. The second kappa shape index (κ2) is 9.38. The Kier molecular flexibility index (Phi) is 6.41. The van der Waals surface area contributed by atoms with Crippen LogP contribution in [0, 0.1) is 0 Å². The third-order valence-electron chi connectivity index (χ3n) is 4.16. The van der Waals surface area contributed by atoms with Crippen molar-refractivity contribution in [2.45, 2.75) is 6.61 Å². The van der Waals surface area contributed by atoms with E-state index in [0.717, 1.165) is 17.8 Å². The first-order valence-corrected chi connectivity index (χ1v) is 8.89. The monoisotopic (exact) mass is 361 g/mol. The number of carbonyl (C=O) groups is 1. The minimum absolute atomic E-state index is 0.136. The molecule has 0 fully saturated rings. The molecule has 0 saturated carbocycles. The van der Waals surface area contributed by atoms with Gasteiger partial charge >= 0.3 is 0 Å². The third kappa shape index (κ3) is 5.57. The molecule has 5 nitrogen and oxygen atoms in total. The van der Waals surface area contributed by atoms with E-state index in [1.165, 1.54) is 0 Å². The lowest BCUT2D eigenvalue weighted by Crippen LogP contribution is -2.33. The van der Waals surface area contributed by atoms with Crippen LogP contribution >= 0.6 is 0 Å². The standard InChI is InChI=1S/C22H23N3O2/c1-25(20-10-6-3-7-11-20)15-14-24-22(26)19-12-13-23-21(16-19)27-17-18-8-4-2-5-9-18/h2-13,16H,14-15,17H2,1H3,(H,24,26). The van der Waals surface area contributed by atoms with E-state index in [0.29, 0.717) is 24.6 Å². The Morgan fingerprint density at radius 3 is 2.48 bits per heavy atom. The molecule has 1 N–H and O–H groups in total. The highest BCUT2D eigenvalue weighted by Gasteiger charge is 2.08. The maximum atomic E-state index is 12.4. The summed E-state index contributed by atoms with van der Waals surface area (Å²) in [4.78, 5) is 18.6. The fourth-order valence-electron chi connectivity index (χ4n) is 2.61. The number of ether oxygens (including phenoxy) is 1. The highest BCUT2D eigenvalue weighted by atomic mass is 16.5. The average Bonchev–Trinajstić information content (AvgIpc) is 2.73. The van der Waals surface area contributed by atoms with E-state index in [1.54, 1.807) is 18.3 Å². The summed E-state index contributed by atoms with van der Waals surface area (Å²) in [5, 5.41) is 2.94. The Morgan fingerprint density at radius 1 is 1.04 bits per heavy atom. The number of pyridine rings is 1. The summed E-state index contributed by atoms with van der Waals surface area (Å²) in [6, 6.07) is 23.3. The van der Waals surface area contributed by atoms with Crippen LogP contribution in [0.4, 0.5) is 5.69 Å². The third-order valence-corrected chi connectivity index (χ3v) is 4.16. The molecule has 0 atom stereocenters. The summed E-state index contributed by atoms with van der Waals surface area (Å²) in [6.07, 6.45) is 1.59. The zero-order valence-corrected chi connectivity index (χ0v) is 15.3. The van der Waals surface area contributed by atoms with Crippen LogP contribution in [-0.4, -0.2) is 31.0 Å². The van der Waals surface area contributed by atoms with Crippen molar-refractivity contribution in [1.82, 2.24) is 10.3 Å². The van der Waals surface area contributed by atoms with Gasteiger partial charge in [-0.1, -0.05) is 48.5 Å². The quantitative estimate of drug-likeness (QED) is 0.667. The molecule has 2 aromatic carbocycles. The zero-order valence-electron chi connectivity index (χ0n) is 15.3. The van der Waals surface area contributed by atoms with E-state index in [-0.39, 0.29) is 5.91 Å². The van der Waals surface area contributed by atoms with Crippen molar-refractivity contribution >= 4 is 11.6 Å². The Morgan fingerprint density at radius 2 is 1.74 bits per heavy atom.